The average Bonchev–Trinajstić information content (AvgIpc) is 2.82. The molecule has 0 radical (unpaired) electrons. The monoisotopic (exact) mass is 545 g/mol. The largest absolute Gasteiger partial charge is 0.598 e. The Morgan fingerprint density at radius 2 is 2.03 bits per heavy atom. The number of morpholine rings is 1. The molecule has 2 N–H and O–H groups in total. The SMILES string of the molecule is C=CCOc1cc(Cl)c(Cl)cc1C(N[S@@+]([O-])C(C)(C)C)C1CCN(C(=O)[C@@H]2CNC(=O)CO2)CC1. The molecule has 0 saturated carbocycles. The second-order valence-corrected chi connectivity index (χ2v) is 12.5. The fourth-order valence-electron chi connectivity index (χ4n) is 4.07. The van der Waals surface area contributed by atoms with Gasteiger partial charge in [0.15, 0.2) is 6.10 Å². The summed E-state index contributed by atoms with van der Waals surface area (Å²) in [6.45, 7) is 10.8. The number of likely N-dealkylation sites (tertiary alicyclic amines) is 1. The Bertz CT molecular complexity index is 924. The molecule has 1 unspecified atom stereocenters. The lowest BCUT2D eigenvalue weighted by Crippen LogP contribution is -2.53. The number of benzene rings is 1. The highest BCUT2D eigenvalue weighted by Gasteiger charge is 2.38. The molecule has 194 valence electrons. The Morgan fingerprint density at radius 3 is 2.60 bits per heavy atom. The van der Waals surface area contributed by atoms with Crippen LogP contribution in [0.25, 0.3) is 0 Å². The van der Waals surface area contributed by atoms with Crippen LogP contribution in [0.2, 0.25) is 10.0 Å². The number of nitrogens with one attached hydrogen (secondary N) is 2. The van der Waals surface area contributed by atoms with E-state index in [0.717, 1.165) is 5.56 Å². The Morgan fingerprint density at radius 1 is 1.37 bits per heavy atom. The maximum atomic E-state index is 13.1. The first-order valence-electron chi connectivity index (χ1n) is 11.6. The van der Waals surface area contributed by atoms with Gasteiger partial charge in [-0.3, -0.25) is 9.59 Å². The third kappa shape index (κ3) is 7.27. The van der Waals surface area contributed by atoms with Crippen LogP contribution in [0, 0.1) is 5.92 Å². The number of carbonyl (C=O) groups is 2. The summed E-state index contributed by atoms with van der Waals surface area (Å²) in [4.78, 5) is 26.0. The minimum absolute atomic E-state index is 0.0562. The summed E-state index contributed by atoms with van der Waals surface area (Å²) in [5.41, 5.74) is 0.766. The molecule has 1 aromatic rings. The van der Waals surface area contributed by atoms with Crippen molar-refractivity contribution in [3.05, 3.63) is 40.4 Å². The van der Waals surface area contributed by atoms with E-state index in [2.05, 4.69) is 16.6 Å². The summed E-state index contributed by atoms with van der Waals surface area (Å²) >= 11 is 11.3. The third-order valence-corrected chi connectivity index (χ3v) is 8.34. The van der Waals surface area contributed by atoms with E-state index in [9.17, 15) is 14.1 Å². The number of amides is 2. The molecule has 0 bridgehead atoms. The first kappa shape index (κ1) is 28.1. The molecular formula is C24H33Cl2N3O5S. The van der Waals surface area contributed by atoms with Crippen molar-refractivity contribution in [1.29, 1.82) is 0 Å². The number of halogens is 2. The van der Waals surface area contributed by atoms with Crippen LogP contribution < -0.4 is 14.8 Å². The summed E-state index contributed by atoms with van der Waals surface area (Å²) in [6, 6.07) is 3.09. The first-order valence-corrected chi connectivity index (χ1v) is 13.5. The predicted octanol–water partition coefficient (Wildman–Crippen LogP) is 3.40. The number of rotatable bonds is 8. The van der Waals surface area contributed by atoms with E-state index < -0.39 is 22.2 Å². The minimum atomic E-state index is -1.36. The van der Waals surface area contributed by atoms with E-state index in [4.69, 9.17) is 32.7 Å². The molecule has 2 aliphatic rings. The molecule has 2 aliphatic heterocycles. The zero-order chi connectivity index (χ0) is 25.8. The van der Waals surface area contributed by atoms with Crippen LogP contribution >= 0.6 is 23.2 Å². The molecule has 3 atom stereocenters. The maximum absolute atomic E-state index is 13.1. The second-order valence-electron chi connectivity index (χ2n) is 9.65. The van der Waals surface area contributed by atoms with Gasteiger partial charge in [0.25, 0.3) is 5.91 Å². The van der Waals surface area contributed by atoms with Gasteiger partial charge < -0.3 is 24.2 Å². The van der Waals surface area contributed by atoms with Gasteiger partial charge in [-0.05, 0) is 45.6 Å². The fraction of sp³-hybridized carbons (Fsp3) is 0.583. The summed E-state index contributed by atoms with van der Waals surface area (Å²) in [6.07, 6.45) is 2.32. The highest BCUT2D eigenvalue weighted by atomic mass is 35.5. The normalized spacial score (nSPS) is 21.3. The van der Waals surface area contributed by atoms with Crippen molar-refractivity contribution in [3.8, 4) is 5.75 Å². The van der Waals surface area contributed by atoms with Gasteiger partial charge in [0.1, 0.15) is 23.7 Å². The molecule has 0 aliphatic carbocycles. The number of hydrogen-bond donors (Lipinski definition) is 2. The van der Waals surface area contributed by atoms with Crippen LogP contribution in [0.1, 0.15) is 45.2 Å². The van der Waals surface area contributed by atoms with Gasteiger partial charge >= 0.3 is 0 Å². The van der Waals surface area contributed by atoms with Crippen LogP contribution in [0.15, 0.2) is 24.8 Å². The van der Waals surface area contributed by atoms with Crippen LogP contribution in [0.3, 0.4) is 0 Å². The molecule has 2 heterocycles. The average molecular weight is 547 g/mol. The summed E-state index contributed by atoms with van der Waals surface area (Å²) in [5, 5.41) is 3.42. The van der Waals surface area contributed by atoms with Crippen molar-refractivity contribution >= 4 is 46.4 Å². The second kappa shape index (κ2) is 12.2. The maximum Gasteiger partial charge on any atom is 0.253 e. The number of carbonyl (C=O) groups excluding carboxylic acids is 2. The van der Waals surface area contributed by atoms with Crippen molar-refractivity contribution < 1.29 is 23.6 Å². The Hall–Kier alpha value is -1.49. The van der Waals surface area contributed by atoms with Crippen molar-refractivity contribution in [3.63, 3.8) is 0 Å². The van der Waals surface area contributed by atoms with Crippen LogP contribution in [0.4, 0.5) is 0 Å². The fourth-order valence-corrected chi connectivity index (χ4v) is 5.30. The summed E-state index contributed by atoms with van der Waals surface area (Å²) in [5.74, 6) is 0.258. The number of hydrogen-bond acceptors (Lipinski definition) is 6. The number of nitrogens with zero attached hydrogens (tertiary/aromatic N) is 1. The molecule has 0 spiro atoms. The predicted molar refractivity (Wildman–Crippen MR) is 138 cm³/mol. The van der Waals surface area contributed by atoms with E-state index in [-0.39, 0.29) is 43.5 Å². The molecule has 8 nitrogen and oxygen atoms in total. The lowest BCUT2D eigenvalue weighted by Gasteiger charge is -2.39. The molecule has 1 aromatic carbocycles. The van der Waals surface area contributed by atoms with Gasteiger partial charge in [-0.15, -0.1) is 4.72 Å². The summed E-state index contributed by atoms with van der Waals surface area (Å²) in [7, 11) is 0. The molecule has 35 heavy (non-hydrogen) atoms. The first-order chi connectivity index (χ1) is 16.5. The molecule has 0 aromatic heterocycles. The van der Waals surface area contributed by atoms with Gasteiger partial charge in [0, 0.05) is 36.1 Å². The lowest BCUT2D eigenvalue weighted by molar-refractivity contribution is -0.151. The van der Waals surface area contributed by atoms with E-state index in [0.29, 0.717) is 41.7 Å². The highest BCUT2D eigenvalue weighted by molar-refractivity contribution is 7.90. The summed E-state index contributed by atoms with van der Waals surface area (Å²) < 4.78 is 27.3. The Labute approximate surface area is 220 Å². The molecule has 11 heteroatoms. The van der Waals surface area contributed by atoms with Gasteiger partial charge in [0.05, 0.1) is 22.6 Å². The van der Waals surface area contributed by atoms with Crippen LogP contribution in [0.5, 0.6) is 5.75 Å². The van der Waals surface area contributed by atoms with Crippen LogP contribution in [-0.2, 0) is 25.7 Å². The topological polar surface area (TPSA) is 103 Å². The van der Waals surface area contributed by atoms with Gasteiger partial charge in [-0.1, -0.05) is 35.9 Å². The van der Waals surface area contributed by atoms with E-state index in [1.165, 1.54) is 0 Å². The molecule has 3 rings (SSSR count). The molecule has 2 saturated heterocycles. The van der Waals surface area contributed by atoms with E-state index >= 15 is 0 Å². The minimum Gasteiger partial charge on any atom is -0.598 e. The van der Waals surface area contributed by atoms with Crippen molar-refractivity contribution in [2.45, 2.75) is 50.5 Å². The van der Waals surface area contributed by atoms with Gasteiger partial charge in [-0.2, -0.15) is 0 Å². The van der Waals surface area contributed by atoms with E-state index in [1.807, 2.05) is 20.8 Å². The third-order valence-electron chi connectivity index (χ3n) is 6.03. The number of piperidine rings is 1. The number of ether oxygens (including phenoxy) is 2. The Balaban J connectivity index is 1.81. The van der Waals surface area contributed by atoms with Gasteiger partial charge in [0.2, 0.25) is 5.91 Å². The van der Waals surface area contributed by atoms with Gasteiger partial charge in [-0.25, -0.2) is 0 Å². The molecule has 2 amide bonds. The zero-order valence-corrected chi connectivity index (χ0v) is 22.6. The highest BCUT2D eigenvalue weighted by Crippen LogP contribution is 2.41. The zero-order valence-electron chi connectivity index (χ0n) is 20.3. The van der Waals surface area contributed by atoms with Crippen molar-refractivity contribution in [2.24, 2.45) is 5.92 Å². The van der Waals surface area contributed by atoms with Crippen molar-refractivity contribution in [2.75, 3.05) is 32.8 Å². The van der Waals surface area contributed by atoms with Crippen LogP contribution in [-0.4, -0.2) is 65.0 Å². The van der Waals surface area contributed by atoms with E-state index in [1.54, 1.807) is 23.1 Å². The lowest BCUT2D eigenvalue weighted by atomic mass is 9.85. The van der Waals surface area contributed by atoms with Crippen molar-refractivity contribution in [1.82, 2.24) is 14.9 Å². The Kier molecular flexibility index (Phi) is 9.76. The smallest absolute Gasteiger partial charge is 0.253 e. The quantitative estimate of drug-likeness (QED) is 0.383. The molecular weight excluding hydrogens is 513 g/mol. The standard InChI is InChI=1S/C24H33Cl2N3O5S/c1-5-10-33-19-12-18(26)17(25)11-16(19)22(28-35(32)24(2,3)4)15-6-8-29(9-7-15)23(31)20-13-27-21(30)14-34-20/h5,11-12,15,20,22,28H,1,6-10,13-14H2,2-4H3,(H,27,30)/t20-,22?,35-/m0/s1. The molecule has 2 fully saturated rings.